The SMILES string of the molecule is Cc1ccc(-c2nnc([C@H](C)Sc3n[nH]c(-c4ccccc4)n3)o2)cc1. The molecule has 26 heavy (non-hydrogen) atoms. The summed E-state index contributed by atoms with van der Waals surface area (Å²) in [6.07, 6.45) is 0. The summed E-state index contributed by atoms with van der Waals surface area (Å²) in [5, 5.41) is 16.2. The topological polar surface area (TPSA) is 80.5 Å². The van der Waals surface area contributed by atoms with Crippen molar-refractivity contribution in [2.24, 2.45) is 0 Å². The second-order valence-electron chi connectivity index (χ2n) is 5.90. The zero-order valence-electron chi connectivity index (χ0n) is 14.4. The summed E-state index contributed by atoms with van der Waals surface area (Å²) >= 11 is 1.47. The number of rotatable bonds is 5. The lowest BCUT2D eigenvalue weighted by Crippen LogP contribution is -1.89. The normalized spacial score (nSPS) is 12.2. The maximum atomic E-state index is 5.83. The van der Waals surface area contributed by atoms with E-state index in [-0.39, 0.29) is 5.25 Å². The van der Waals surface area contributed by atoms with E-state index in [0.717, 1.165) is 17.0 Å². The van der Waals surface area contributed by atoms with Crippen molar-refractivity contribution in [3.8, 4) is 22.8 Å². The fourth-order valence-corrected chi connectivity index (χ4v) is 3.20. The van der Waals surface area contributed by atoms with Crippen molar-refractivity contribution in [3.63, 3.8) is 0 Å². The van der Waals surface area contributed by atoms with Crippen molar-refractivity contribution in [1.82, 2.24) is 25.4 Å². The summed E-state index contributed by atoms with van der Waals surface area (Å²) in [6.45, 7) is 4.04. The number of aromatic amines is 1. The first-order valence-corrected chi connectivity index (χ1v) is 9.12. The first-order valence-electron chi connectivity index (χ1n) is 8.24. The number of H-pyrrole nitrogens is 1. The maximum Gasteiger partial charge on any atom is 0.247 e. The predicted molar refractivity (Wildman–Crippen MR) is 101 cm³/mol. The molecule has 0 aliphatic heterocycles. The van der Waals surface area contributed by atoms with Crippen LogP contribution in [0.1, 0.15) is 23.6 Å². The molecule has 0 spiro atoms. The van der Waals surface area contributed by atoms with E-state index in [2.05, 4.69) is 25.4 Å². The van der Waals surface area contributed by atoms with Gasteiger partial charge in [0, 0.05) is 11.1 Å². The van der Waals surface area contributed by atoms with Gasteiger partial charge in [-0.25, -0.2) is 4.98 Å². The average molecular weight is 363 g/mol. The molecule has 0 aliphatic carbocycles. The van der Waals surface area contributed by atoms with Gasteiger partial charge in [0.15, 0.2) is 5.82 Å². The molecule has 2 aromatic heterocycles. The Hall–Kier alpha value is -2.93. The van der Waals surface area contributed by atoms with Gasteiger partial charge in [-0.2, -0.15) is 0 Å². The molecule has 4 aromatic rings. The molecule has 0 bridgehead atoms. The van der Waals surface area contributed by atoms with Gasteiger partial charge < -0.3 is 4.42 Å². The number of nitrogens with zero attached hydrogens (tertiary/aromatic N) is 4. The van der Waals surface area contributed by atoms with Crippen molar-refractivity contribution in [3.05, 3.63) is 66.1 Å². The molecule has 2 aromatic carbocycles. The van der Waals surface area contributed by atoms with E-state index >= 15 is 0 Å². The van der Waals surface area contributed by atoms with Crippen LogP contribution in [0.5, 0.6) is 0 Å². The van der Waals surface area contributed by atoms with Gasteiger partial charge in [0.05, 0.1) is 5.25 Å². The van der Waals surface area contributed by atoms with Crippen LogP contribution in [0, 0.1) is 6.92 Å². The third kappa shape index (κ3) is 3.52. The summed E-state index contributed by atoms with van der Waals surface area (Å²) in [7, 11) is 0. The van der Waals surface area contributed by atoms with Gasteiger partial charge in [-0.1, -0.05) is 59.8 Å². The van der Waals surface area contributed by atoms with E-state index in [9.17, 15) is 0 Å². The third-order valence-electron chi connectivity index (χ3n) is 3.88. The number of hydrogen-bond acceptors (Lipinski definition) is 6. The Morgan fingerprint density at radius 3 is 2.50 bits per heavy atom. The smallest absolute Gasteiger partial charge is 0.247 e. The van der Waals surface area contributed by atoms with Crippen molar-refractivity contribution >= 4 is 11.8 Å². The average Bonchev–Trinajstić information content (AvgIpc) is 3.33. The van der Waals surface area contributed by atoms with Gasteiger partial charge in [0.25, 0.3) is 0 Å². The summed E-state index contributed by atoms with van der Waals surface area (Å²) in [4.78, 5) is 4.53. The standard InChI is InChI=1S/C19H17N5OS/c1-12-8-10-15(11-9-12)18-23-22-17(25-18)13(2)26-19-20-16(21-24-19)14-6-4-3-5-7-14/h3-11,13H,1-2H3,(H,20,21,24)/t13-/m0/s1. The molecular formula is C19H17N5OS. The van der Waals surface area contributed by atoms with Gasteiger partial charge in [-0.3, -0.25) is 5.10 Å². The Morgan fingerprint density at radius 1 is 0.962 bits per heavy atom. The van der Waals surface area contributed by atoms with E-state index in [1.165, 1.54) is 17.3 Å². The molecule has 0 amide bonds. The molecule has 1 N–H and O–H groups in total. The molecule has 0 radical (unpaired) electrons. The highest BCUT2D eigenvalue weighted by molar-refractivity contribution is 7.99. The van der Waals surface area contributed by atoms with Gasteiger partial charge in [0.2, 0.25) is 16.9 Å². The Kier molecular flexibility index (Phi) is 4.53. The Morgan fingerprint density at radius 2 is 1.73 bits per heavy atom. The molecule has 0 aliphatic rings. The first kappa shape index (κ1) is 16.5. The van der Waals surface area contributed by atoms with E-state index in [0.29, 0.717) is 16.9 Å². The molecule has 1 atom stereocenters. The highest BCUT2D eigenvalue weighted by atomic mass is 32.2. The predicted octanol–water partition coefficient (Wildman–Crippen LogP) is 4.68. The van der Waals surface area contributed by atoms with Crippen LogP contribution in [0.15, 0.2) is 64.2 Å². The van der Waals surface area contributed by atoms with Crippen LogP contribution in [0.2, 0.25) is 0 Å². The van der Waals surface area contributed by atoms with Crippen LogP contribution in [0.3, 0.4) is 0 Å². The van der Waals surface area contributed by atoms with Crippen molar-refractivity contribution in [2.45, 2.75) is 24.3 Å². The number of benzene rings is 2. The van der Waals surface area contributed by atoms with Crippen LogP contribution in [0.4, 0.5) is 0 Å². The van der Waals surface area contributed by atoms with Crippen LogP contribution in [-0.4, -0.2) is 25.4 Å². The first-order chi connectivity index (χ1) is 12.7. The molecule has 6 nitrogen and oxygen atoms in total. The lowest BCUT2D eigenvalue weighted by atomic mass is 10.1. The van der Waals surface area contributed by atoms with Gasteiger partial charge in [-0.05, 0) is 26.0 Å². The monoisotopic (exact) mass is 363 g/mol. The zero-order chi connectivity index (χ0) is 17.9. The lowest BCUT2D eigenvalue weighted by Gasteiger charge is -2.02. The van der Waals surface area contributed by atoms with E-state index in [1.807, 2.05) is 68.4 Å². The molecule has 4 rings (SSSR count). The van der Waals surface area contributed by atoms with Crippen LogP contribution < -0.4 is 0 Å². The molecule has 0 saturated heterocycles. The van der Waals surface area contributed by atoms with Crippen LogP contribution >= 0.6 is 11.8 Å². The second-order valence-corrected chi connectivity index (χ2v) is 7.21. The van der Waals surface area contributed by atoms with Crippen molar-refractivity contribution in [2.75, 3.05) is 0 Å². The van der Waals surface area contributed by atoms with Crippen LogP contribution in [0.25, 0.3) is 22.8 Å². The summed E-state index contributed by atoms with van der Waals surface area (Å²) in [5.74, 6) is 1.82. The fraction of sp³-hybridized carbons (Fsp3) is 0.158. The van der Waals surface area contributed by atoms with Crippen molar-refractivity contribution in [1.29, 1.82) is 0 Å². The van der Waals surface area contributed by atoms with Gasteiger partial charge >= 0.3 is 0 Å². The molecule has 0 fully saturated rings. The molecule has 0 unspecified atom stereocenters. The maximum absolute atomic E-state index is 5.83. The molecular weight excluding hydrogens is 346 g/mol. The highest BCUT2D eigenvalue weighted by Gasteiger charge is 2.18. The minimum atomic E-state index is -0.0545. The number of aromatic nitrogens is 5. The second kappa shape index (κ2) is 7.13. The lowest BCUT2D eigenvalue weighted by molar-refractivity contribution is 0.509. The number of aryl methyl sites for hydroxylation is 1. The van der Waals surface area contributed by atoms with Gasteiger partial charge in [0.1, 0.15) is 0 Å². The third-order valence-corrected chi connectivity index (χ3v) is 4.83. The Balaban J connectivity index is 1.48. The molecule has 7 heteroatoms. The number of thioether (sulfide) groups is 1. The van der Waals surface area contributed by atoms with Crippen LogP contribution in [-0.2, 0) is 0 Å². The highest BCUT2D eigenvalue weighted by Crippen LogP contribution is 2.33. The van der Waals surface area contributed by atoms with Gasteiger partial charge in [-0.15, -0.1) is 15.3 Å². The molecule has 130 valence electrons. The van der Waals surface area contributed by atoms with E-state index in [4.69, 9.17) is 4.42 Å². The summed E-state index contributed by atoms with van der Waals surface area (Å²) in [5.41, 5.74) is 3.10. The number of hydrogen-bond donors (Lipinski definition) is 1. The zero-order valence-corrected chi connectivity index (χ0v) is 15.2. The Labute approximate surface area is 155 Å². The largest absolute Gasteiger partial charge is 0.419 e. The fourth-order valence-electron chi connectivity index (χ4n) is 2.44. The van der Waals surface area contributed by atoms with E-state index in [1.54, 1.807) is 0 Å². The molecule has 2 heterocycles. The summed E-state index contributed by atoms with van der Waals surface area (Å²) < 4.78 is 5.83. The Bertz CT molecular complexity index is 994. The minimum Gasteiger partial charge on any atom is -0.419 e. The quantitative estimate of drug-likeness (QED) is 0.518. The molecule has 0 saturated carbocycles. The minimum absolute atomic E-state index is 0.0545. The van der Waals surface area contributed by atoms with Crippen molar-refractivity contribution < 1.29 is 4.42 Å². The number of nitrogens with one attached hydrogen (secondary N) is 1. The van der Waals surface area contributed by atoms with E-state index < -0.39 is 0 Å². The summed E-state index contributed by atoms with van der Waals surface area (Å²) in [6, 6.07) is 17.9.